The number of rotatable bonds is 3. The second kappa shape index (κ2) is 9.04. The van der Waals surface area contributed by atoms with Crippen LogP contribution in [-0.4, -0.2) is 42.4 Å². The van der Waals surface area contributed by atoms with E-state index in [2.05, 4.69) is 5.32 Å². The zero-order valence-electron chi connectivity index (χ0n) is 15.3. The van der Waals surface area contributed by atoms with E-state index in [-0.39, 0.29) is 41.6 Å². The van der Waals surface area contributed by atoms with Gasteiger partial charge in [0.2, 0.25) is 11.8 Å². The first kappa shape index (κ1) is 21.2. The molecule has 0 radical (unpaired) electrons. The van der Waals surface area contributed by atoms with Gasteiger partial charge in [-0.15, -0.1) is 12.4 Å². The number of piperidine rings is 1. The van der Waals surface area contributed by atoms with Crippen molar-refractivity contribution in [2.75, 3.05) is 19.6 Å². The molecule has 0 spiro atoms. The number of nitrogens with two attached hydrogens (primary N) is 1. The third-order valence-corrected chi connectivity index (χ3v) is 5.26. The van der Waals surface area contributed by atoms with Crippen LogP contribution in [0, 0.1) is 17.3 Å². The smallest absolute Gasteiger partial charge is 0.227 e. The van der Waals surface area contributed by atoms with Crippen LogP contribution in [0.3, 0.4) is 0 Å². The number of carbonyl (C=O) groups is 2. The molecule has 0 bridgehead atoms. The predicted molar refractivity (Wildman–Crippen MR) is 99.0 cm³/mol. The average Bonchev–Trinajstić information content (AvgIpc) is 2.54. The van der Waals surface area contributed by atoms with Gasteiger partial charge in [-0.25, -0.2) is 0 Å². The van der Waals surface area contributed by atoms with Crippen molar-refractivity contribution >= 4 is 24.2 Å². The van der Waals surface area contributed by atoms with Gasteiger partial charge in [0, 0.05) is 24.5 Å². The van der Waals surface area contributed by atoms with Crippen LogP contribution in [0.2, 0.25) is 0 Å². The van der Waals surface area contributed by atoms with Crippen LogP contribution >= 0.6 is 12.4 Å². The number of halogens is 1. The first-order chi connectivity index (χ1) is 10.8. The maximum atomic E-state index is 12.7. The van der Waals surface area contributed by atoms with E-state index in [9.17, 15) is 9.59 Å². The molecular weight excluding hydrogens is 326 g/mol. The molecule has 1 saturated heterocycles. The molecule has 0 aromatic carbocycles. The van der Waals surface area contributed by atoms with Crippen LogP contribution in [0.15, 0.2) is 0 Å². The monoisotopic (exact) mass is 359 g/mol. The maximum absolute atomic E-state index is 12.7. The number of likely N-dealkylation sites (tertiary alicyclic amines) is 1. The van der Waals surface area contributed by atoms with Crippen molar-refractivity contribution in [3.05, 3.63) is 0 Å². The standard InChI is InChI=1S/C18H33N3O2.ClH/c1-18(2,3)17(23)21-10-6-8-14(12-21)16(22)20-15-9-5-4-7-13(15)11-19;/h13-15H,4-12,19H2,1-3H3,(H,20,22);1H. The highest BCUT2D eigenvalue weighted by atomic mass is 35.5. The van der Waals surface area contributed by atoms with Crippen LogP contribution in [0.4, 0.5) is 0 Å². The van der Waals surface area contributed by atoms with Crippen molar-refractivity contribution in [3.8, 4) is 0 Å². The van der Waals surface area contributed by atoms with Gasteiger partial charge in [-0.3, -0.25) is 9.59 Å². The van der Waals surface area contributed by atoms with E-state index in [0.717, 1.165) is 32.2 Å². The summed E-state index contributed by atoms with van der Waals surface area (Å²) in [6.07, 6.45) is 6.31. The highest BCUT2D eigenvalue weighted by molar-refractivity contribution is 5.85. The Balaban J connectivity index is 0.00000288. The van der Waals surface area contributed by atoms with Gasteiger partial charge in [-0.2, -0.15) is 0 Å². The summed E-state index contributed by atoms with van der Waals surface area (Å²) >= 11 is 0. The molecule has 5 nitrogen and oxygen atoms in total. The fraction of sp³-hybridized carbons (Fsp3) is 0.889. The molecule has 140 valence electrons. The summed E-state index contributed by atoms with van der Waals surface area (Å²) in [5, 5.41) is 3.23. The minimum Gasteiger partial charge on any atom is -0.353 e. The number of nitrogens with one attached hydrogen (secondary N) is 1. The lowest BCUT2D eigenvalue weighted by molar-refractivity contribution is -0.143. The van der Waals surface area contributed by atoms with Crippen molar-refractivity contribution in [1.82, 2.24) is 10.2 Å². The van der Waals surface area contributed by atoms with Crippen molar-refractivity contribution < 1.29 is 9.59 Å². The molecule has 24 heavy (non-hydrogen) atoms. The maximum Gasteiger partial charge on any atom is 0.227 e. The second-order valence-corrected chi connectivity index (χ2v) is 8.24. The van der Waals surface area contributed by atoms with Crippen LogP contribution in [0.5, 0.6) is 0 Å². The fourth-order valence-electron chi connectivity index (χ4n) is 3.83. The molecule has 0 aromatic rings. The Morgan fingerprint density at radius 2 is 1.79 bits per heavy atom. The van der Waals surface area contributed by atoms with Crippen molar-refractivity contribution in [3.63, 3.8) is 0 Å². The van der Waals surface area contributed by atoms with Gasteiger partial charge in [-0.05, 0) is 38.1 Å². The van der Waals surface area contributed by atoms with E-state index in [1.54, 1.807) is 0 Å². The lowest BCUT2D eigenvalue weighted by Crippen LogP contribution is -2.52. The van der Waals surface area contributed by atoms with Gasteiger partial charge < -0.3 is 16.0 Å². The highest BCUT2D eigenvalue weighted by Gasteiger charge is 2.34. The molecule has 1 aliphatic heterocycles. The Morgan fingerprint density at radius 3 is 2.42 bits per heavy atom. The molecule has 1 aliphatic carbocycles. The van der Waals surface area contributed by atoms with E-state index in [4.69, 9.17) is 5.73 Å². The van der Waals surface area contributed by atoms with E-state index < -0.39 is 0 Å². The molecule has 0 aromatic heterocycles. The van der Waals surface area contributed by atoms with Gasteiger partial charge in [0.15, 0.2) is 0 Å². The largest absolute Gasteiger partial charge is 0.353 e. The minimum absolute atomic E-state index is 0. The minimum atomic E-state index is -0.383. The average molecular weight is 360 g/mol. The van der Waals surface area contributed by atoms with Gasteiger partial charge in [0.25, 0.3) is 0 Å². The highest BCUT2D eigenvalue weighted by Crippen LogP contribution is 2.26. The number of hydrogen-bond acceptors (Lipinski definition) is 3. The summed E-state index contributed by atoms with van der Waals surface area (Å²) in [6, 6.07) is 0.218. The number of hydrogen-bond donors (Lipinski definition) is 2. The summed E-state index contributed by atoms with van der Waals surface area (Å²) < 4.78 is 0. The van der Waals surface area contributed by atoms with Crippen molar-refractivity contribution in [1.29, 1.82) is 0 Å². The molecule has 3 N–H and O–H groups in total. The summed E-state index contributed by atoms with van der Waals surface area (Å²) in [6.45, 7) is 7.79. The summed E-state index contributed by atoms with van der Waals surface area (Å²) in [5.74, 6) is 0.591. The summed E-state index contributed by atoms with van der Waals surface area (Å²) in [5.41, 5.74) is 5.47. The molecule has 2 aliphatic rings. The number of nitrogens with zero attached hydrogens (tertiary/aromatic N) is 1. The van der Waals surface area contributed by atoms with Crippen LogP contribution in [0.1, 0.15) is 59.3 Å². The first-order valence-corrected chi connectivity index (χ1v) is 9.12. The normalized spacial score (nSPS) is 28.0. The predicted octanol–water partition coefficient (Wildman–Crippen LogP) is 2.33. The molecule has 2 amide bonds. The first-order valence-electron chi connectivity index (χ1n) is 9.12. The molecule has 3 atom stereocenters. The lowest BCUT2D eigenvalue weighted by atomic mass is 9.84. The van der Waals surface area contributed by atoms with E-state index in [1.807, 2.05) is 25.7 Å². The van der Waals surface area contributed by atoms with Crippen molar-refractivity contribution in [2.45, 2.75) is 65.3 Å². The Bertz CT molecular complexity index is 436. The third-order valence-electron chi connectivity index (χ3n) is 5.26. The topological polar surface area (TPSA) is 75.4 Å². The fourth-order valence-corrected chi connectivity index (χ4v) is 3.83. The molecule has 2 fully saturated rings. The number of amides is 2. The van der Waals surface area contributed by atoms with Crippen LogP contribution in [0.25, 0.3) is 0 Å². The quantitative estimate of drug-likeness (QED) is 0.812. The van der Waals surface area contributed by atoms with E-state index in [0.29, 0.717) is 19.0 Å². The van der Waals surface area contributed by atoms with Crippen LogP contribution in [-0.2, 0) is 9.59 Å². The van der Waals surface area contributed by atoms with Crippen LogP contribution < -0.4 is 11.1 Å². The molecule has 3 unspecified atom stereocenters. The van der Waals surface area contributed by atoms with Gasteiger partial charge >= 0.3 is 0 Å². The van der Waals surface area contributed by atoms with Gasteiger partial charge in [-0.1, -0.05) is 33.6 Å². The van der Waals surface area contributed by atoms with Gasteiger partial charge in [0.1, 0.15) is 0 Å². The molecule has 2 rings (SSSR count). The van der Waals surface area contributed by atoms with Crippen molar-refractivity contribution in [2.24, 2.45) is 23.0 Å². The third kappa shape index (κ3) is 5.35. The zero-order valence-corrected chi connectivity index (χ0v) is 16.2. The summed E-state index contributed by atoms with van der Waals surface area (Å²) in [7, 11) is 0. The Labute approximate surface area is 152 Å². The summed E-state index contributed by atoms with van der Waals surface area (Å²) in [4.78, 5) is 27.0. The van der Waals surface area contributed by atoms with E-state index in [1.165, 1.54) is 12.8 Å². The molecule has 6 heteroatoms. The Kier molecular flexibility index (Phi) is 8.00. The zero-order chi connectivity index (χ0) is 17.0. The molecule has 1 heterocycles. The molecule has 1 saturated carbocycles. The lowest BCUT2D eigenvalue weighted by Gasteiger charge is -2.37. The SMILES string of the molecule is CC(C)(C)C(=O)N1CCCC(C(=O)NC2CCCCC2CN)C1.Cl. The van der Waals surface area contributed by atoms with Gasteiger partial charge in [0.05, 0.1) is 5.92 Å². The number of carbonyl (C=O) groups excluding carboxylic acids is 2. The second-order valence-electron chi connectivity index (χ2n) is 8.24. The Hall–Kier alpha value is -0.810. The van der Waals surface area contributed by atoms with E-state index >= 15 is 0 Å². The Morgan fingerprint density at radius 1 is 1.12 bits per heavy atom. The molecular formula is C18H34ClN3O2.